The molecule has 1 aliphatic rings. The van der Waals surface area contributed by atoms with Gasteiger partial charge in [0.2, 0.25) is 10.0 Å². The van der Waals surface area contributed by atoms with Gasteiger partial charge in [0.25, 0.3) is 0 Å². The number of nitrogens with zero attached hydrogens (tertiary/aromatic N) is 1. The lowest BCUT2D eigenvalue weighted by molar-refractivity contribution is 0.281. The fourth-order valence-corrected chi connectivity index (χ4v) is 4.90. The van der Waals surface area contributed by atoms with Gasteiger partial charge in [-0.15, -0.1) is 0 Å². The van der Waals surface area contributed by atoms with Gasteiger partial charge in [-0.1, -0.05) is 36.7 Å². The van der Waals surface area contributed by atoms with Crippen LogP contribution in [0.3, 0.4) is 0 Å². The predicted octanol–water partition coefficient (Wildman–Crippen LogP) is 4.37. The van der Waals surface area contributed by atoms with E-state index in [-0.39, 0.29) is 0 Å². The van der Waals surface area contributed by atoms with E-state index in [0.717, 1.165) is 24.1 Å². The Morgan fingerprint density at radius 2 is 1.88 bits per heavy atom. The minimum atomic E-state index is -3.40. The van der Waals surface area contributed by atoms with Crippen molar-refractivity contribution in [2.24, 2.45) is 5.92 Å². The molecule has 1 atom stereocenters. The second-order valence-electron chi connectivity index (χ2n) is 6.58. The maximum Gasteiger partial charge on any atom is 0.243 e. The third kappa shape index (κ3) is 4.35. The highest BCUT2D eigenvalue weighted by Gasteiger charge is 2.28. The second kappa shape index (κ2) is 7.77. The molecule has 4 nitrogen and oxygen atoms in total. The SMILES string of the molecule is CC1CCCN(S(=O)(=O)c2ccc(NCc3ccccc3Cl)cc2)C1. The Hall–Kier alpha value is -1.56. The summed E-state index contributed by atoms with van der Waals surface area (Å²) in [5.74, 6) is 0.417. The second-order valence-corrected chi connectivity index (χ2v) is 8.92. The van der Waals surface area contributed by atoms with E-state index in [1.807, 2.05) is 24.3 Å². The summed E-state index contributed by atoms with van der Waals surface area (Å²) in [4.78, 5) is 0.352. The van der Waals surface area contributed by atoms with Crippen molar-refractivity contribution in [1.29, 1.82) is 0 Å². The highest BCUT2D eigenvalue weighted by molar-refractivity contribution is 7.89. The van der Waals surface area contributed by atoms with E-state index in [1.54, 1.807) is 28.6 Å². The number of hydrogen-bond acceptors (Lipinski definition) is 3. The van der Waals surface area contributed by atoms with Crippen LogP contribution in [-0.4, -0.2) is 25.8 Å². The Bertz CT molecular complexity index is 822. The van der Waals surface area contributed by atoms with Crippen molar-refractivity contribution >= 4 is 27.3 Å². The number of nitrogens with one attached hydrogen (secondary N) is 1. The van der Waals surface area contributed by atoms with Gasteiger partial charge in [-0.3, -0.25) is 0 Å². The van der Waals surface area contributed by atoms with Crippen LogP contribution in [0.2, 0.25) is 5.02 Å². The van der Waals surface area contributed by atoms with Crippen LogP contribution in [0, 0.1) is 5.92 Å². The third-order valence-corrected chi connectivity index (χ3v) is 6.80. The molecule has 134 valence electrons. The summed E-state index contributed by atoms with van der Waals surface area (Å²) in [5.41, 5.74) is 1.87. The smallest absolute Gasteiger partial charge is 0.243 e. The molecule has 6 heteroatoms. The maximum absolute atomic E-state index is 12.8. The molecule has 2 aromatic carbocycles. The molecule has 0 saturated carbocycles. The standard InChI is InChI=1S/C19H23ClN2O2S/c1-15-5-4-12-22(14-15)25(23,24)18-10-8-17(9-11-18)21-13-16-6-2-3-7-19(16)20/h2-3,6-11,15,21H,4-5,12-14H2,1H3. The van der Waals surface area contributed by atoms with Crippen LogP contribution in [0.25, 0.3) is 0 Å². The van der Waals surface area contributed by atoms with Gasteiger partial charge in [0.1, 0.15) is 0 Å². The molecular weight excluding hydrogens is 356 g/mol. The minimum absolute atomic E-state index is 0.352. The predicted molar refractivity (Wildman–Crippen MR) is 102 cm³/mol. The van der Waals surface area contributed by atoms with Crippen LogP contribution in [0.4, 0.5) is 5.69 Å². The highest BCUT2D eigenvalue weighted by Crippen LogP contribution is 2.24. The fraction of sp³-hybridized carbons (Fsp3) is 0.368. The summed E-state index contributed by atoms with van der Waals surface area (Å²) in [6.45, 7) is 3.91. The molecular formula is C19H23ClN2O2S. The van der Waals surface area contributed by atoms with Crippen molar-refractivity contribution in [1.82, 2.24) is 4.31 Å². The van der Waals surface area contributed by atoms with Gasteiger partial charge in [-0.05, 0) is 54.7 Å². The Balaban J connectivity index is 1.68. The molecule has 1 heterocycles. The molecule has 2 aromatic rings. The van der Waals surface area contributed by atoms with Gasteiger partial charge in [0.05, 0.1) is 4.90 Å². The average Bonchev–Trinajstić information content (AvgIpc) is 2.61. The van der Waals surface area contributed by atoms with Crippen molar-refractivity contribution in [3.05, 3.63) is 59.1 Å². The van der Waals surface area contributed by atoms with Gasteiger partial charge < -0.3 is 5.32 Å². The zero-order chi connectivity index (χ0) is 17.9. The molecule has 1 N–H and O–H groups in total. The third-order valence-electron chi connectivity index (χ3n) is 4.55. The van der Waals surface area contributed by atoms with E-state index < -0.39 is 10.0 Å². The molecule has 1 fully saturated rings. The van der Waals surface area contributed by atoms with Crippen LogP contribution in [0.15, 0.2) is 53.4 Å². The van der Waals surface area contributed by atoms with E-state index in [0.29, 0.717) is 35.5 Å². The quantitative estimate of drug-likeness (QED) is 0.840. The molecule has 1 unspecified atom stereocenters. The first-order valence-electron chi connectivity index (χ1n) is 8.54. The van der Waals surface area contributed by atoms with Gasteiger partial charge in [-0.25, -0.2) is 8.42 Å². The number of sulfonamides is 1. The molecule has 0 radical (unpaired) electrons. The van der Waals surface area contributed by atoms with E-state index >= 15 is 0 Å². The van der Waals surface area contributed by atoms with Crippen molar-refractivity contribution in [3.63, 3.8) is 0 Å². The van der Waals surface area contributed by atoms with E-state index in [1.165, 1.54) is 0 Å². The van der Waals surface area contributed by atoms with Gasteiger partial charge in [-0.2, -0.15) is 4.31 Å². The van der Waals surface area contributed by atoms with Crippen molar-refractivity contribution in [2.75, 3.05) is 18.4 Å². The molecule has 0 aromatic heterocycles. The van der Waals surface area contributed by atoms with Crippen LogP contribution < -0.4 is 5.32 Å². The first-order chi connectivity index (χ1) is 12.0. The molecule has 0 spiro atoms. The Kier molecular flexibility index (Phi) is 5.67. The van der Waals surface area contributed by atoms with E-state index in [2.05, 4.69) is 12.2 Å². The zero-order valence-electron chi connectivity index (χ0n) is 14.3. The fourth-order valence-electron chi connectivity index (χ4n) is 3.10. The lowest BCUT2D eigenvalue weighted by Gasteiger charge is -2.30. The summed E-state index contributed by atoms with van der Waals surface area (Å²) in [6.07, 6.45) is 2.02. The summed E-state index contributed by atoms with van der Waals surface area (Å²) in [7, 11) is -3.40. The van der Waals surface area contributed by atoms with E-state index in [4.69, 9.17) is 11.6 Å². The largest absolute Gasteiger partial charge is 0.381 e. The maximum atomic E-state index is 12.8. The molecule has 0 amide bonds. The van der Waals surface area contributed by atoms with Crippen LogP contribution in [0.5, 0.6) is 0 Å². The Morgan fingerprint density at radius 3 is 2.56 bits per heavy atom. The topological polar surface area (TPSA) is 49.4 Å². The number of anilines is 1. The number of piperidine rings is 1. The first kappa shape index (κ1) is 18.2. The summed E-state index contributed by atoms with van der Waals surface area (Å²) in [6, 6.07) is 14.6. The normalized spacial score (nSPS) is 18.9. The number of hydrogen-bond donors (Lipinski definition) is 1. The van der Waals surface area contributed by atoms with E-state index in [9.17, 15) is 8.42 Å². The number of benzene rings is 2. The van der Waals surface area contributed by atoms with Crippen molar-refractivity contribution in [3.8, 4) is 0 Å². The molecule has 1 saturated heterocycles. The number of halogens is 1. The average molecular weight is 379 g/mol. The van der Waals surface area contributed by atoms with Crippen LogP contribution in [-0.2, 0) is 16.6 Å². The van der Waals surface area contributed by atoms with Crippen LogP contribution in [0.1, 0.15) is 25.3 Å². The Morgan fingerprint density at radius 1 is 1.16 bits per heavy atom. The Labute approximate surface area is 154 Å². The lowest BCUT2D eigenvalue weighted by Crippen LogP contribution is -2.39. The van der Waals surface area contributed by atoms with Crippen molar-refractivity contribution < 1.29 is 8.42 Å². The lowest BCUT2D eigenvalue weighted by atomic mass is 10.0. The molecule has 3 rings (SSSR count). The van der Waals surface area contributed by atoms with Gasteiger partial charge in [0.15, 0.2) is 0 Å². The van der Waals surface area contributed by atoms with Gasteiger partial charge in [0, 0.05) is 30.3 Å². The molecule has 0 aliphatic carbocycles. The molecule has 1 aliphatic heterocycles. The molecule has 25 heavy (non-hydrogen) atoms. The van der Waals surface area contributed by atoms with Crippen LogP contribution >= 0.6 is 11.6 Å². The first-order valence-corrected chi connectivity index (χ1v) is 10.4. The van der Waals surface area contributed by atoms with Gasteiger partial charge >= 0.3 is 0 Å². The molecule has 0 bridgehead atoms. The summed E-state index contributed by atoms with van der Waals surface area (Å²) >= 11 is 6.15. The highest BCUT2D eigenvalue weighted by atomic mass is 35.5. The zero-order valence-corrected chi connectivity index (χ0v) is 15.9. The number of rotatable bonds is 5. The minimum Gasteiger partial charge on any atom is -0.381 e. The monoisotopic (exact) mass is 378 g/mol. The summed E-state index contributed by atoms with van der Waals surface area (Å²) in [5, 5.41) is 3.99. The summed E-state index contributed by atoms with van der Waals surface area (Å²) < 4.78 is 27.1. The van der Waals surface area contributed by atoms with Crippen molar-refractivity contribution in [2.45, 2.75) is 31.2 Å².